The first kappa shape index (κ1) is 25.9. The zero-order chi connectivity index (χ0) is 21.3. The summed E-state index contributed by atoms with van der Waals surface area (Å²) in [4.78, 5) is 24.8. The van der Waals surface area contributed by atoms with Gasteiger partial charge >= 0.3 is 5.97 Å². The van der Waals surface area contributed by atoms with Crippen molar-refractivity contribution in [2.45, 2.75) is 94.1 Å². The maximum atomic E-state index is 12.8. The van der Waals surface area contributed by atoms with Crippen LogP contribution >= 0.6 is 0 Å². The normalized spacial score (nSPS) is 15.7. The minimum Gasteiger partial charge on any atom is -0.463 e. The fraction of sp³-hybridized carbons (Fsp3) is 0.909. The van der Waals surface area contributed by atoms with Crippen LogP contribution in [0.5, 0.6) is 0 Å². The predicted octanol–water partition coefficient (Wildman–Crippen LogP) is 4.73. The van der Waals surface area contributed by atoms with Gasteiger partial charge in [-0.05, 0) is 37.5 Å². The molecule has 0 heterocycles. The first-order chi connectivity index (χ1) is 12.2. The van der Waals surface area contributed by atoms with Gasteiger partial charge in [-0.25, -0.2) is 0 Å². The molecule has 1 amide bonds. The Hall–Kier alpha value is -1.10. The maximum absolute atomic E-state index is 12.8. The monoisotopic (exact) mass is 385 g/mol. The Bertz CT molecular complexity index is 462. The molecule has 5 heteroatoms. The van der Waals surface area contributed by atoms with Crippen molar-refractivity contribution in [3.63, 3.8) is 0 Å². The second-order valence-corrected chi connectivity index (χ2v) is 9.97. The quantitative estimate of drug-likeness (QED) is 0.412. The van der Waals surface area contributed by atoms with Crippen LogP contribution in [0.2, 0.25) is 0 Å². The highest BCUT2D eigenvalue weighted by Gasteiger charge is 2.47. The molecule has 0 bridgehead atoms. The molecular weight excluding hydrogens is 342 g/mol. The summed E-state index contributed by atoms with van der Waals surface area (Å²) in [7, 11) is 0. The van der Waals surface area contributed by atoms with E-state index >= 15 is 0 Å². The molecule has 2 unspecified atom stereocenters. The molecule has 5 nitrogen and oxygen atoms in total. The number of esters is 1. The van der Waals surface area contributed by atoms with Crippen molar-refractivity contribution in [2.24, 2.45) is 16.2 Å². The topological polar surface area (TPSA) is 64.6 Å². The standard InChI is InChI=1S/C22H43NO4/c1-10-11-12-14-26-17(2)18(24)23-13-15-27-19(25)22(9,21(6,7)8)16-20(3,4)5/h17H,10-16H2,1-9H3,(H,23,24). The van der Waals surface area contributed by atoms with Gasteiger partial charge in [-0.2, -0.15) is 0 Å². The highest BCUT2D eigenvalue weighted by molar-refractivity contribution is 5.80. The van der Waals surface area contributed by atoms with Gasteiger partial charge in [-0.15, -0.1) is 0 Å². The van der Waals surface area contributed by atoms with Crippen LogP contribution in [-0.4, -0.2) is 37.7 Å². The Balaban J connectivity index is 4.45. The molecule has 0 aromatic rings. The van der Waals surface area contributed by atoms with Crippen molar-refractivity contribution in [1.82, 2.24) is 5.32 Å². The van der Waals surface area contributed by atoms with E-state index in [9.17, 15) is 9.59 Å². The molecule has 0 aliphatic rings. The SMILES string of the molecule is CCCCCOC(C)C(=O)NCCOC(=O)C(C)(CC(C)(C)C)C(C)(C)C. The maximum Gasteiger partial charge on any atom is 0.312 e. The lowest BCUT2D eigenvalue weighted by molar-refractivity contribution is -0.164. The summed E-state index contributed by atoms with van der Waals surface area (Å²) in [6, 6.07) is 0. The molecule has 0 saturated heterocycles. The van der Waals surface area contributed by atoms with E-state index in [-0.39, 0.29) is 29.3 Å². The molecule has 0 fully saturated rings. The Morgan fingerprint density at radius 2 is 1.56 bits per heavy atom. The van der Waals surface area contributed by atoms with Crippen molar-refractivity contribution >= 4 is 11.9 Å². The van der Waals surface area contributed by atoms with E-state index in [0.717, 1.165) is 25.7 Å². The summed E-state index contributed by atoms with van der Waals surface area (Å²) in [6.45, 7) is 19.5. The third kappa shape index (κ3) is 9.59. The molecule has 160 valence electrons. The lowest BCUT2D eigenvalue weighted by Crippen LogP contribution is -2.45. The van der Waals surface area contributed by atoms with Crippen molar-refractivity contribution in [2.75, 3.05) is 19.8 Å². The van der Waals surface area contributed by atoms with Gasteiger partial charge in [-0.1, -0.05) is 61.3 Å². The highest BCUT2D eigenvalue weighted by Crippen LogP contribution is 2.47. The van der Waals surface area contributed by atoms with Crippen LogP contribution < -0.4 is 5.32 Å². The first-order valence-electron chi connectivity index (χ1n) is 10.3. The number of amides is 1. The zero-order valence-corrected chi connectivity index (χ0v) is 19.2. The molecule has 0 aliphatic heterocycles. The van der Waals surface area contributed by atoms with Gasteiger partial charge in [0.05, 0.1) is 12.0 Å². The molecule has 0 aromatic carbocycles. The van der Waals surface area contributed by atoms with Gasteiger partial charge < -0.3 is 14.8 Å². The van der Waals surface area contributed by atoms with Gasteiger partial charge in [0, 0.05) is 6.61 Å². The van der Waals surface area contributed by atoms with E-state index in [4.69, 9.17) is 9.47 Å². The third-order valence-electron chi connectivity index (χ3n) is 5.11. The zero-order valence-electron chi connectivity index (χ0n) is 19.2. The number of unbranched alkanes of at least 4 members (excludes halogenated alkanes) is 2. The van der Waals surface area contributed by atoms with Gasteiger partial charge in [-0.3, -0.25) is 9.59 Å². The number of ether oxygens (including phenoxy) is 2. The first-order valence-corrected chi connectivity index (χ1v) is 10.3. The molecule has 0 aromatic heterocycles. The molecule has 0 spiro atoms. The molecule has 0 saturated carbocycles. The third-order valence-corrected chi connectivity index (χ3v) is 5.11. The molecule has 27 heavy (non-hydrogen) atoms. The van der Waals surface area contributed by atoms with Gasteiger partial charge in [0.25, 0.3) is 0 Å². The molecular formula is C22H43NO4. The molecule has 0 rings (SSSR count). The van der Waals surface area contributed by atoms with Gasteiger partial charge in [0.15, 0.2) is 0 Å². The largest absolute Gasteiger partial charge is 0.463 e. The lowest BCUT2D eigenvalue weighted by Gasteiger charge is -2.43. The van der Waals surface area contributed by atoms with E-state index < -0.39 is 11.5 Å². The molecule has 1 N–H and O–H groups in total. The minimum absolute atomic E-state index is 0.0137. The van der Waals surface area contributed by atoms with Crippen molar-refractivity contribution < 1.29 is 19.1 Å². The number of carbonyl (C=O) groups is 2. The Morgan fingerprint density at radius 3 is 2.04 bits per heavy atom. The Morgan fingerprint density at radius 1 is 0.963 bits per heavy atom. The van der Waals surface area contributed by atoms with Crippen molar-refractivity contribution in [3.05, 3.63) is 0 Å². The smallest absolute Gasteiger partial charge is 0.312 e. The van der Waals surface area contributed by atoms with Crippen LogP contribution in [-0.2, 0) is 19.1 Å². The van der Waals surface area contributed by atoms with E-state index in [1.165, 1.54) is 0 Å². The summed E-state index contributed by atoms with van der Waals surface area (Å²) < 4.78 is 11.0. The second kappa shape index (κ2) is 11.0. The number of rotatable bonds is 11. The Kier molecular flexibility index (Phi) is 10.6. The van der Waals surface area contributed by atoms with E-state index in [0.29, 0.717) is 13.2 Å². The predicted molar refractivity (Wildman–Crippen MR) is 111 cm³/mol. The van der Waals surface area contributed by atoms with Crippen LogP contribution in [0.3, 0.4) is 0 Å². The highest BCUT2D eigenvalue weighted by atomic mass is 16.5. The summed E-state index contributed by atoms with van der Waals surface area (Å²) in [6.07, 6.45) is 3.43. The summed E-state index contributed by atoms with van der Waals surface area (Å²) in [5, 5.41) is 2.78. The number of hydrogen-bond acceptors (Lipinski definition) is 4. The fourth-order valence-electron chi connectivity index (χ4n) is 3.01. The van der Waals surface area contributed by atoms with Gasteiger partial charge in [0.1, 0.15) is 12.7 Å². The molecule has 2 atom stereocenters. The average Bonchev–Trinajstić information content (AvgIpc) is 2.52. The van der Waals surface area contributed by atoms with E-state index in [1.54, 1.807) is 6.92 Å². The van der Waals surface area contributed by atoms with Crippen LogP contribution in [0.1, 0.15) is 88.0 Å². The van der Waals surface area contributed by atoms with Crippen LogP contribution in [0.15, 0.2) is 0 Å². The number of hydrogen-bond donors (Lipinski definition) is 1. The minimum atomic E-state index is -0.592. The molecule has 0 aliphatic carbocycles. The van der Waals surface area contributed by atoms with Crippen LogP contribution in [0.25, 0.3) is 0 Å². The van der Waals surface area contributed by atoms with Crippen molar-refractivity contribution in [1.29, 1.82) is 0 Å². The molecule has 0 radical (unpaired) electrons. The van der Waals surface area contributed by atoms with Gasteiger partial charge in [0.2, 0.25) is 5.91 Å². The fourth-order valence-corrected chi connectivity index (χ4v) is 3.01. The second-order valence-electron chi connectivity index (χ2n) is 9.97. The van der Waals surface area contributed by atoms with E-state index in [2.05, 4.69) is 53.8 Å². The van der Waals surface area contributed by atoms with Crippen LogP contribution in [0, 0.1) is 16.2 Å². The van der Waals surface area contributed by atoms with E-state index in [1.807, 2.05) is 6.92 Å². The number of carbonyl (C=O) groups excluding carboxylic acids is 2. The Labute approximate surface area is 167 Å². The number of nitrogens with one attached hydrogen (secondary N) is 1. The summed E-state index contributed by atoms with van der Waals surface area (Å²) in [5.41, 5.74) is -0.799. The lowest BCUT2D eigenvalue weighted by atomic mass is 9.61. The van der Waals surface area contributed by atoms with Crippen molar-refractivity contribution in [3.8, 4) is 0 Å². The summed E-state index contributed by atoms with van der Waals surface area (Å²) >= 11 is 0. The average molecular weight is 386 g/mol. The summed E-state index contributed by atoms with van der Waals surface area (Å²) in [5.74, 6) is -0.376. The van der Waals surface area contributed by atoms with Crippen LogP contribution in [0.4, 0.5) is 0 Å².